The molecule has 1 aliphatic heterocycles. The van der Waals surface area contributed by atoms with Crippen molar-refractivity contribution in [2.45, 2.75) is 13.3 Å². The number of fused-ring (bicyclic) bond motifs is 1. The topological polar surface area (TPSA) is 12.5 Å². The monoisotopic (exact) mass is 245 g/mol. The second-order valence-corrected chi connectivity index (χ2v) is 4.58. The van der Waals surface area contributed by atoms with E-state index in [0.29, 0.717) is 0 Å². The number of allylic oxidation sites excluding steroid dienone is 4. The van der Waals surface area contributed by atoms with Gasteiger partial charge in [0.2, 0.25) is 0 Å². The van der Waals surface area contributed by atoms with E-state index in [-0.39, 0.29) is 0 Å². The Morgan fingerprint density at radius 3 is 3.00 bits per heavy atom. The number of aryl methyl sites for hydroxylation is 1. The van der Waals surface area contributed by atoms with Crippen LogP contribution in [0.2, 0.25) is 5.02 Å². The molecule has 3 rings (SSSR count). The Labute approximate surface area is 105 Å². The second kappa shape index (κ2) is 3.97. The van der Waals surface area contributed by atoms with E-state index in [1.807, 2.05) is 43.5 Å². The quantitative estimate of drug-likeness (QED) is 0.738. The van der Waals surface area contributed by atoms with Crippen molar-refractivity contribution in [1.82, 2.24) is 0 Å². The van der Waals surface area contributed by atoms with Gasteiger partial charge in [-0.1, -0.05) is 29.8 Å². The molecule has 86 valence electrons. The molecule has 0 spiro atoms. The molecule has 1 aromatic carbocycles. The van der Waals surface area contributed by atoms with Crippen molar-refractivity contribution in [1.29, 1.82) is 0 Å². The predicted molar refractivity (Wildman–Crippen MR) is 69.7 cm³/mol. The summed E-state index contributed by atoms with van der Waals surface area (Å²) in [6, 6.07) is 5.91. The van der Waals surface area contributed by atoms with Crippen LogP contribution in [0, 0.1) is 6.92 Å². The number of benzene rings is 1. The minimum absolute atomic E-state index is 0.756. The maximum Gasteiger partial charge on any atom is 0.160 e. The normalized spacial score (nSPS) is 17.4. The molecule has 0 bridgehead atoms. The van der Waals surface area contributed by atoms with Crippen LogP contribution in [0.25, 0.3) is 0 Å². The molecular formula is C14H12ClNO. The van der Waals surface area contributed by atoms with Crippen LogP contribution in [0.1, 0.15) is 12.0 Å². The van der Waals surface area contributed by atoms with Crippen LogP contribution in [-0.4, -0.2) is 0 Å². The first-order chi connectivity index (χ1) is 8.24. The van der Waals surface area contributed by atoms with Gasteiger partial charge in [0.15, 0.2) is 5.76 Å². The number of hydrogen-bond donors (Lipinski definition) is 0. The third kappa shape index (κ3) is 1.85. The summed E-state index contributed by atoms with van der Waals surface area (Å²) in [5.41, 5.74) is 3.22. The molecular weight excluding hydrogens is 234 g/mol. The second-order valence-electron chi connectivity index (χ2n) is 4.17. The molecule has 0 saturated heterocycles. The van der Waals surface area contributed by atoms with Gasteiger partial charge in [0.25, 0.3) is 0 Å². The van der Waals surface area contributed by atoms with Crippen molar-refractivity contribution >= 4 is 17.3 Å². The molecule has 0 fully saturated rings. The molecule has 0 aromatic heterocycles. The lowest BCUT2D eigenvalue weighted by Gasteiger charge is -2.16. The molecule has 1 heterocycles. The first-order valence-electron chi connectivity index (χ1n) is 5.55. The fourth-order valence-corrected chi connectivity index (χ4v) is 2.06. The van der Waals surface area contributed by atoms with Crippen LogP contribution in [0.3, 0.4) is 0 Å². The van der Waals surface area contributed by atoms with Crippen LogP contribution < -0.4 is 5.06 Å². The van der Waals surface area contributed by atoms with E-state index in [4.69, 9.17) is 16.4 Å². The highest BCUT2D eigenvalue weighted by Crippen LogP contribution is 2.33. The molecule has 2 nitrogen and oxygen atoms in total. The van der Waals surface area contributed by atoms with Gasteiger partial charge in [0.05, 0.1) is 11.9 Å². The molecule has 0 N–H and O–H groups in total. The summed E-state index contributed by atoms with van der Waals surface area (Å²) in [4.78, 5) is 5.74. The summed E-state index contributed by atoms with van der Waals surface area (Å²) >= 11 is 6.12. The van der Waals surface area contributed by atoms with Crippen LogP contribution in [0.4, 0.5) is 5.69 Å². The summed E-state index contributed by atoms with van der Waals surface area (Å²) in [6.07, 6.45) is 9.03. The van der Waals surface area contributed by atoms with Gasteiger partial charge in [-0.3, -0.25) is 0 Å². The van der Waals surface area contributed by atoms with Crippen molar-refractivity contribution in [3.8, 4) is 0 Å². The Morgan fingerprint density at radius 1 is 1.35 bits per heavy atom. The number of nitrogens with zero attached hydrogens (tertiary/aromatic N) is 1. The molecule has 3 heteroatoms. The summed E-state index contributed by atoms with van der Waals surface area (Å²) in [6.45, 7) is 1.99. The highest BCUT2D eigenvalue weighted by atomic mass is 35.5. The average molecular weight is 246 g/mol. The van der Waals surface area contributed by atoms with Crippen molar-refractivity contribution in [3.63, 3.8) is 0 Å². The number of rotatable bonds is 1. The molecule has 0 amide bonds. The lowest BCUT2D eigenvalue weighted by atomic mass is 10.1. The number of hydroxylamine groups is 1. The van der Waals surface area contributed by atoms with Crippen LogP contribution in [-0.2, 0) is 4.84 Å². The third-order valence-electron chi connectivity index (χ3n) is 2.92. The molecule has 0 unspecified atom stereocenters. The van der Waals surface area contributed by atoms with Gasteiger partial charge in [-0.15, -0.1) is 0 Å². The minimum Gasteiger partial charge on any atom is -0.375 e. The predicted octanol–water partition coefficient (Wildman–Crippen LogP) is 4.13. The van der Waals surface area contributed by atoms with Crippen molar-refractivity contribution in [2.24, 2.45) is 0 Å². The van der Waals surface area contributed by atoms with Gasteiger partial charge in [-0.2, -0.15) is 5.06 Å². The standard InChI is InChI=1S/C14H12ClNO/c1-10-6-7-12(8-13(10)15)16-9-11-4-2-3-5-14(11)17-16/h2-3,5-9H,4H2,1H3. The van der Waals surface area contributed by atoms with Gasteiger partial charge in [-0.25, -0.2) is 0 Å². The first-order valence-corrected chi connectivity index (χ1v) is 5.93. The van der Waals surface area contributed by atoms with E-state index in [0.717, 1.165) is 28.5 Å². The molecule has 0 atom stereocenters. The number of hydrogen-bond acceptors (Lipinski definition) is 2. The summed E-state index contributed by atoms with van der Waals surface area (Å²) in [5, 5.41) is 2.52. The Morgan fingerprint density at radius 2 is 2.24 bits per heavy atom. The van der Waals surface area contributed by atoms with Crippen LogP contribution >= 0.6 is 11.6 Å². The maximum atomic E-state index is 6.12. The van der Waals surface area contributed by atoms with Gasteiger partial charge >= 0.3 is 0 Å². The Balaban J connectivity index is 1.92. The molecule has 1 aromatic rings. The molecule has 1 aliphatic carbocycles. The maximum absolute atomic E-state index is 6.12. The van der Waals surface area contributed by atoms with E-state index >= 15 is 0 Å². The SMILES string of the molecule is Cc1ccc(N2C=C3CC=CC=C3O2)cc1Cl. The number of halogens is 1. The largest absolute Gasteiger partial charge is 0.375 e. The van der Waals surface area contributed by atoms with Gasteiger partial charge in [0, 0.05) is 10.6 Å². The highest BCUT2D eigenvalue weighted by molar-refractivity contribution is 6.31. The molecule has 17 heavy (non-hydrogen) atoms. The smallest absolute Gasteiger partial charge is 0.160 e. The molecule has 0 saturated carbocycles. The summed E-state index contributed by atoms with van der Waals surface area (Å²) in [5.74, 6) is 0.921. The molecule has 0 radical (unpaired) electrons. The van der Waals surface area contributed by atoms with E-state index in [1.54, 1.807) is 5.06 Å². The number of anilines is 1. The zero-order valence-electron chi connectivity index (χ0n) is 9.48. The van der Waals surface area contributed by atoms with Crippen molar-refractivity contribution < 1.29 is 4.84 Å². The first kappa shape index (κ1) is 10.5. The van der Waals surface area contributed by atoms with Gasteiger partial charge in [0.1, 0.15) is 0 Å². The zero-order chi connectivity index (χ0) is 11.8. The fourth-order valence-electron chi connectivity index (χ4n) is 1.88. The average Bonchev–Trinajstić information content (AvgIpc) is 2.76. The molecule has 2 aliphatic rings. The van der Waals surface area contributed by atoms with Gasteiger partial charge in [-0.05, 0) is 37.1 Å². The summed E-state index contributed by atoms with van der Waals surface area (Å²) in [7, 11) is 0. The van der Waals surface area contributed by atoms with Crippen LogP contribution in [0.5, 0.6) is 0 Å². The lowest BCUT2D eigenvalue weighted by molar-refractivity contribution is 0.238. The van der Waals surface area contributed by atoms with E-state index in [2.05, 4.69) is 6.08 Å². The van der Waals surface area contributed by atoms with Crippen molar-refractivity contribution in [2.75, 3.05) is 5.06 Å². The van der Waals surface area contributed by atoms with E-state index in [1.165, 1.54) is 5.57 Å². The van der Waals surface area contributed by atoms with E-state index < -0.39 is 0 Å². The Bertz CT molecular complexity index is 557. The zero-order valence-corrected chi connectivity index (χ0v) is 10.2. The third-order valence-corrected chi connectivity index (χ3v) is 3.32. The summed E-state index contributed by atoms with van der Waals surface area (Å²) < 4.78 is 0. The fraction of sp³-hybridized carbons (Fsp3) is 0.143. The Kier molecular flexibility index (Phi) is 2.45. The Hall–Kier alpha value is -1.67. The van der Waals surface area contributed by atoms with Gasteiger partial charge < -0.3 is 4.84 Å². The van der Waals surface area contributed by atoms with Crippen LogP contribution in [0.15, 0.2) is 54.0 Å². The van der Waals surface area contributed by atoms with Crippen molar-refractivity contribution in [3.05, 3.63) is 64.5 Å². The lowest BCUT2D eigenvalue weighted by Crippen LogP contribution is -2.10. The highest BCUT2D eigenvalue weighted by Gasteiger charge is 2.21. The minimum atomic E-state index is 0.756. The van der Waals surface area contributed by atoms with E-state index in [9.17, 15) is 0 Å².